The normalized spacial score (nSPS) is 12.2. The van der Waals surface area contributed by atoms with Gasteiger partial charge in [-0.3, -0.25) is 4.79 Å². The molecule has 0 heterocycles. The van der Waals surface area contributed by atoms with E-state index in [1.165, 1.54) is 6.92 Å². The summed E-state index contributed by atoms with van der Waals surface area (Å²) < 4.78 is 0. The minimum Gasteiger partial charge on any atom is -0.393 e. The average Bonchev–Trinajstić information content (AvgIpc) is 2.20. The van der Waals surface area contributed by atoms with Crippen molar-refractivity contribution in [3.8, 4) is 0 Å². The van der Waals surface area contributed by atoms with Crippen LogP contribution in [0.25, 0.3) is 0 Å². The van der Waals surface area contributed by atoms with Gasteiger partial charge in [-0.05, 0) is 30.5 Å². The third-order valence-electron chi connectivity index (χ3n) is 2.22. The molecule has 3 heteroatoms. The SMILES string of the molecule is CCC(O)Cc1ccc(NC(C)=O)cc1. The fourth-order valence-corrected chi connectivity index (χ4v) is 1.34. The molecule has 1 aromatic carbocycles. The highest BCUT2D eigenvalue weighted by atomic mass is 16.3. The van der Waals surface area contributed by atoms with Crippen LogP contribution in [0.2, 0.25) is 0 Å². The largest absolute Gasteiger partial charge is 0.393 e. The Morgan fingerprint density at radius 2 is 2.00 bits per heavy atom. The molecule has 2 N–H and O–H groups in total. The predicted octanol–water partition coefficient (Wildman–Crippen LogP) is 1.96. The molecule has 0 saturated heterocycles. The van der Waals surface area contributed by atoms with Crippen molar-refractivity contribution >= 4 is 11.6 Å². The smallest absolute Gasteiger partial charge is 0.221 e. The van der Waals surface area contributed by atoms with Gasteiger partial charge in [0.2, 0.25) is 5.91 Å². The Bertz CT molecular complexity index is 319. The van der Waals surface area contributed by atoms with E-state index in [0.29, 0.717) is 6.42 Å². The van der Waals surface area contributed by atoms with Gasteiger partial charge < -0.3 is 10.4 Å². The molecule has 1 rings (SSSR count). The van der Waals surface area contributed by atoms with Crippen molar-refractivity contribution < 1.29 is 9.90 Å². The first-order valence-corrected chi connectivity index (χ1v) is 5.16. The lowest BCUT2D eigenvalue weighted by atomic mass is 10.1. The van der Waals surface area contributed by atoms with E-state index in [1.54, 1.807) is 0 Å². The van der Waals surface area contributed by atoms with E-state index < -0.39 is 0 Å². The van der Waals surface area contributed by atoms with Gasteiger partial charge >= 0.3 is 0 Å². The minimum absolute atomic E-state index is 0.0728. The van der Waals surface area contributed by atoms with Crippen molar-refractivity contribution in [3.63, 3.8) is 0 Å². The standard InChI is InChI=1S/C12H17NO2/c1-3-12(15)8-10-4-6-11(7-5-10)13-9(2)14/h4-7,12,15H,3,8H2,1-2H3,(H,13,14). The van der Waals surface area contributed by atoms with Crippen LogP contribution in [0.1, 0.15) is 25.8 Å². The molecule has 0 aliphatic carbocycles. The van der Waals surface area contributed by atoms with Crippen LogP contribution in [0, 0.1) is 0 Å². The van der Waals surface area contributed by atoms with E-state index in [1.807, 2.05) is 31.2 Å². The number of rotatable bonds is 4. The van der Waals surface area contributed by atoms with Crippen LogP contribution in [0.5, 0.6) is 0 Å². The fraction of sp³-hybridized carbons (Fsp3) is 0.417. The molecule has 15 heavy (non-hydrogen) atoms. The van der Waals surface area contributed by atoms with E-state index in [2.05, 4.69) is 5.32 Å². The second-order valence-electron chi connectivity index (χ2n) is 3.64. The van der Waals surface area contributed by atoms with Crippen LogP contribution in [0.3, 0.4) is 0 Å². The number of aliphatic hydroxyl groups excluding tert-OH is 1. The van der Waals surface area contributed by atoms with E-state index in [-0.39, 0.29) is 12.0 Å². The molecule has 3 nitrogen and oxygen atoms in total. The summed E-state index contributed by atoms with van der Waals surface area (Å²) in [5.41, 5.74) is 1.87. The van der Waals surface area contributed by atoms with E-state index in [9.17, 15) is 9.90 Å². The lowest BCUT2D eigenvalue weighted by molar-refractivity contribution is -0.114. The van der Waals surface area contributed by atoms with Crippen molar-refractivity contribution in [1.82, 2.24) is 0 Å². The van der Waals surface area contributed by atoms with Gasteiger partial charge in [-0.25, -0.2) is 0 Å². The fourth-order valence-electron chi connectivity index (χ4n) is 1.34. The zero-order chi connectivity index (χ0) is 11.3. The number of amides is 1. The number of hydrogen-bond donors (Lipinski definition) is 2. The maximum atomic E-state index is 10.8. The van der Waals surface area contributed by atoms with Gasteiger partial charge in [0, 0.05) is 12.6 Å². The van der Waals surface area contributed by atoms with Crippen molar-refractivity contribution in [2.75, 3.05) is 5.32 Å². The number of nitrogens with one attached hydrogen (secondary N) is 1. The van der Waals surface area contributed by atoms with E-state index >= 15 is 0 Å². The summed E-state index contributed by atoms with van der Waals surface area (Å²) in [4.78, 5) is 10.8. The summed E-state index contributed by atoms with van der Waals surface area (Å²) in [7, 11) is 0. The Morgan fingerprint density at radius 3 is 2.47 bits per heavy atom. The van der Waals surface area contributed by atoms with Crippen LogP contribution >= 0.6 is 0 Å². The van der Waals surface area contributed by atoms with Gasteiger partial charge in [0.25, 0.3) is 0 Å². The van der Waals surface area contributed by atoms with Crippen LogP contribution in [0.4, 0.5) is 5.69 Å². The monoisotopic (exact) mass is 207 g/mol. The highest BCUT2D eigenvalue weighted by Crippen LogP contribution is 2.11. The Kier molecular flexibility index (Phi) is 4.31. The number of hydrogen-bond acceptors (Lipinski definition) is 2. The Balaban J connectivity index is 2.60. The van der Waals surface area contributed by atoms with E-state index in [0.717, 1.165) is 17.7 Å². The second-order valence-corrected chi connectivity index (χ2v) is 3.64. The number of carbonyl (C=O) groups is 1. The first-order chi connectivity index (χ1) is 7.11. The number of carbonyl (C=O) groups excluding carboxylic acids is 1. The molecule has 0 aliphatic heterocycles. The van der Waals surface area contributed by atoms with Gasteiger partial charge in [0.05, 0.1) is 6.10 Å². The minimum atomic E-state index is -0.281. The Morgan fingerprint density at radius 1 is 1.40 bits per heavy atom. The molecule has 0 saturated carbocycles. The van der Waals surface area contributed by atoms with Crippen molar-refractivity contribution in [1.29, 1.82) is 0 Å². The summed E-state index contributed by atoms with van der Waals surface area (Å²) >= 11 is 0. The number of benzene rings is 1. The van der Waals surface area contributed by atoms with E-state index in [4.69, 9.17) is 0 Å². The zero-order valence-corrected chi connectivity index (χ0v) is 9.16. The van der Waals surface area contributed by atoms with Gasteiger partial charge in [0.15, 0.2) is 0 Å². The summed E-state index contributed by atoms with van der Waals surface area (Å²) in [6, 6.07) is 7.53. The lowest BCUT2D eigenvalue weighted by Crippen LogP contribution is -2.09. The highest BCUT2D eigenvalue weighted by molar-refractivity contribution is 5.88. The molecule has 0 bridgehead atoms. The topological polar surface area (TPSA) is 49.3 Å². The predicted molar refractivity (Wildman–Crippen MR) is 60.7 cm³/mol. The maximum absolute atomic E-state index is 10.8. The third-order valence-corrected chi connectivity index (χ3v) is 2.22. The molecule has 0 spiro atoms. The molecule has 1 unspecified atom stereocenters. The molecular weight excluding hydrogens is 190 g/mol. The molecule has 1 atom stereocenters. The van der Waals surface area contributed by atoms with Gasteiger partial charge in [-0.1, -0.05) is 19.1 Å². The average molecular weight is 207 g/mol. The first kappa shape index (κ1) is 11.7. The first-order valence-electron chi connectivity index (χ1n) is 5.16. The summed E-state index contributed by atoms with van der Waals surface area (Å²) in [6.45, 7) is 3.44. The summed E-state index contributed by atoms with van der Waals surface area (Å²) in [5, 5.41) is 12.2. The molecule has 0 aliphatic rings. The van der Waals surface area contributed by atoms with Crippen LogP contribution in [0.15, 0.2) is 24.3 Å². The highest BCUT2D eigenvalue weighted by Gasteiger charge is 2.02. The molecule has 0 radical (unpaired) electrons. The van der Waals surface area contributed by atoms with Crippen LogP contribution in [-0.2, 0) is 11.2 Å². The van der Waals surface area contributed by atoms with Crippen molar-refractivity contribution in [3.05, 3.63) is 29.8 Å². The summed E-state index contributed by atoms with van der Waals surface area (Å²) in [5.74, 6) is -0.0728. The third kappa shape index (κ3) is 4.13. The van der Waals surface area contributed by atoms with Crippen LogP contribution < -0.4 is 5.32 Å². The quantitative estimate of drug-likeness (QED) is 0.793. The number of anilines is 1. The molecule has 0 aromatic heterocycles. The molecule has 1 amide bonds. The molecular formula is C12H17NO2. The Labute approximate surface area is 90.1 Å². The van der Waals surface area contributed by atoms with Crippen molar-refractivity contribution in [2.45, 2.75) is 32.8 Å². The van der Waals surface area contributed by atoms with Gasteiger partial charge in [0.1, 0.15) is 0 Å². The molecule has 1 aromatic rings. The lowest BCUT2D eigenvalue weighted by Gasteiger charge is -2.08. The second kappa shape index (κ2) is 5.51. The Hall–Kier alpha value is -1.35. The van der Waals surface area contributed by atoms with Gasteiger partial charge in [-0.15, -0.1) is 0 Å². The number of aliphatic hydroxyl groups is 1. The van der Waals surface area contributed by atoms with Gasteiger partial charge in [-0.2, -0.15) is 0 Å². The zero-order valence-electron chi connectivity index (χ0n) is 9.16. The summed E-state index contributed by atoms with van der Waals surface area (Å²) in [6.07, 6.45) is 1.14. The van der Waals surface area contributed by atoms with Crippen molar-refractivity contribution in [2.24, 2.45) is 0 Å². The molecule has 82 valence electrons. The molecule has 0 fully saturated rings. The van der Waals surface area contributed by atoms with Crippen LogP contribution in [-0.4, -0.2) is 17.1 Å². The maximum Gasteiger partial charge on any atom is 0.221 e.